The van der Waals surface area contributed by atoms with Gasteiger partial charge in [0.15, 0.2) is 0 Å². The number of rotatable bonds is 2. The summed E-state index contributed by atoms with van der Waals surface area (Å²) in [6, 6.07) is 0. The number of hydrogen-bond acceptors (Lipinski definition) is 1. The molecule has 1 unspecified atom stereocenters. The molecule has 0 aromatic heterocycles. The maximum Gasteiger partial charge on any atom is 4.00 e. The third-order valence-corrected chi connectivity index (χ3v) is 4.86. The van der Waals surface area contributed by atoms with Crippen molar-refractivity contribution < 1.29 is 51.3 Å². The number of nitrogens with one attached hydrogen (secondary N) is 1. The van der Waals surface area contributed by atoms with Crippen LogP contribution in [0.2, 0.25) is 13.1 Å². The first kappa shape index (κ1) is 36.8. The number of halogens is 2. The van der Waals surface area contributed by atoms with Gasteiger partial charge in [0.1, 0.15) is 0 Å². The van der Waals surface area contributed by atoms with Crippen molar-refractivity contribution in [2.75, 3.05) is 0 Å². The van der Waals surface area contributed by atoms with Gasteiger partial charge >= 0.3 is 21.7 Å². The van der Waals surface area contributed by atoms with E-state index in [0.29, 0.717) is 5.92 Å². The van der Waals surface area contributed by atoms with Crippen molar-refractivity contribution in [2.24, 2.45) is 11.8 Å². The van der Waals surface area contributed by atoms with Gasteiger partial charge in [-0.05, 0) is 12.8 Å². The Morgan fingerprint density at radius 1 is 1.00 bits per heavy atom. The smallest absolute Gasteiger partial charge is 1.00 e. The molecule has 0 aliphatic heterocycles. The molecule has 0 aromatic rings. The van der Waals surface area contributed by atoms with E-state index in [0.717, 1.165) is 41.6 Å². The molecule has 167 valence electrons. The van der Waals surface area contributed by atoms with Crippen LogP contribution >= 0.6 is 0 Å². The Morgan fingerprint density at radius 2 is 1.38 bits per heavy atom. The minimum atomic E-state index is -0.327. The first-order valence-corrected chi connectivity index (χ1v) is 13.2. The van der Waals surface area contributed by atoms with E-state index in [4.69, 9.17) is 5.73 Å². The van der Waals surface area contributed by atoms with Crippen LogP contribution in [-0.2, 0) is 26.5 Å². The van der Waals surface area contributed by atoms with Crippen LogP contribution in [0.3, 0.4) is 0 Å². The van der Waals surface area contributed by atoms with Crippen LogP contribution in [0.4, 0.5) is 0 Å². The van der Waals surface area contributed by atoms with Gasteiger partial charge in [-0.1, -0.05) is 97.1 Å². The molecular formula is C23H42Cl2NOSiTi. The molecule has 1 amide bonds. The van der Waals surface area contributed by atoms with Crippen molar-refractivity contribution in [3.05, 3.63) is 29.5 Å². The van der Waals surface area contributed by atoms with Crippen molar-refractivity contribution in [1.29, 1.82) is 0 Å². The second kappa shape index (κ2) is 26.5. The van der Waals surface area contributed by atoms with Gasteiger partial charge in [-0.25, -0.2) is 11.6 Å². The van der Waals surface area contributed by atoms with Crippen LogP contribution in [0.1, 0.15) is 90.9 Å². The van der Waals surface area contributed by atoms with Crippen molar-refractivity contribution in [3.63, 3.8) is 0 Å². The predicted octanol–water partition coefficient (Wildman–Crippen LogP) is 1.34. The molecule has 0 heterocycles. The monoisotopic (exact) mass is 494 g/mol. The first-order valence-electron chi connectivity index (χ1n) is 10.8. The second-order valence-corrected chi connectivity index (χ2v) is 8.72. The minimum Gasteiger partial charge on any atom is -1.00 e. The maximum atomic E-state index is 11.1. The Kier molecular flexibility index (Phi) is 33.6. The number of carbonyl (C=O) groups is 1. The number of amides is 1. The van der Waals surface area contributed by atoms with E-state index in [2.05, 4.69) is 45.2 Å². The molecule has 0 spiro atoms. The zero-order chi connectivity index (χ0) is 19.6. The Balaban J connectivity index is -0.000000191. The van der Waals surface area contributed by atoms with Gasteiger partial charge in [-0.3, -0.25) is 6.08 Å². The van der Waals surface area contributed by atoms with E-state index in [-0.39, 0.29) is 58.4 Å². The Morgan fingerprint density at radius 3 is 1.62 bits per heavy atom. The molecule has 1 saturated carbocycles. The molecule has 0 bridgehead atoms. The molecule has 2 nitrogen and oxygen atoms in total. The summed E-state index contributed by atoms with van der Waals surface area (Å²) in [4.78, 5) is 11.1. The Bertz CT molecular complexity index is 408. The maximum absolute atomic E-state index is 11.1. The third-order valence-electron chi connectivity index (χ3n) is 4.86. The molecule has 0 aromatic carbocycles. The van der Waals surface area contributed by atoms with E-state index < -0.39 is 0 Å². The fraction of sp³-hybridized carbons (Fsp3) is 0.783. The van der Waals surface area contributed by atoms with Crippen LogP contribution in [0.5, 0.6) is 0 Å². The summed E-state index contributed by atoms with van der Waals surface area (Å²) in [6.45, 7) is 8.73. The molecule has 1 fully saturated rings. The molecule has 2 rings (SSSR count). The molecule has 2 aliphatic carbocycles. The molecule has 29 heavy (non-hydrogen) atoms. The number of hydrogen-bond donors (Lipinski definition) is 0. The normalized spacial score (nSPS) is 19.6. The molecule has 6 heteroatoms. The van der Waals surface area contributed by atoms with Crippen LogP contribution in [-0.4, -0.2) is 15.4 Å². The molecule has 0 saturated heterocycles. The third kappa shape index (κ3) is 23.0. The number of carbonyl (C=O) groups excluding carboxylic acids is 1. The van der Waals surface area contributed by atoms with Crippen molar-refractivity contribution in [1.82, 2.24) is 0 Å². The molecule has 2 aliphatic rings. The molecule has 1 N–H and O–H groups in total. The first-order chi connectivity index (χ1) is 12.5. The average Bonchev–Trinajstić information content (AvgIpc) is 3.02. The van der Waals surface area contributed by atoms with Gasteiger partial charge in [0.25, 0.3) is 0 Å². The zero-order valence-electron chi connectivity index (χ0n) is 19.0. The average molecular weight is 495 g/mol. The van der Waals surface area contributed by atoms with Crippen LogP contribution in [0.25, 0.3) is 5.73 Å². The summed E-state index contributed by atoms with van der Waals surface area (Å²) < 4.78 is 0. The molecular weight excluding hydrogens is 453 g/mol. The van der Waals surface area contributed by atoms with Gasteiger partial charge in [0, 0.05) is 15.4 Å². The largest absolute Gasteiger partial charge is 4.00 e. The summed E-state index contributed by atoms with van der Waals surface area (Å²) in [5.41, 5.74) is 8.58. The summed E-state index contributed by atoms with van der Waals surface area (Å²) in [6.07, 6.45) is 22.2. The van der Waals surface area contributed by atoms with Gasteiger partial charge in [-0.2, -0.15) is 6.08 Å². The molecule has 1 atom stereocenters. The van der Waals surface area contributed by atoms with Crippen LogP contribution < -0.4 is 24.8 Å². The Labute approximate surface area is 211 Å². The second-order valence-electron chi connectivity index (χ2n) is 7.57. The summed E-state index contributed by atoms with van der Waals surface area (Å²) in [5.74, 6) is 0.279. The van der Waals surface area contributed by atoms with Gasteiger partial charge < -0.3 is 35.3 Å². The Hall–Kier alpha value is 0.461. The van der Waals surface area contributed by atoms with Crippen molar-refractivity contribution in [3.8, 4) is 0 Å². The van der Waals surface area contributed by atoms with Gasteiger partial charge in [0.05, 0.1) is 5.91 Å². The summed E-state index contributed by atoms with van der Waals surface area (Å²) >= 11 is 0. The van der Waals surface area contributed by atoms with E-state index in [1.54, 1.807) is 0 Å². The van der Waals surface area contributed by atoms with E-state index in [9.17, 15) is 4.79 Å². The van der Waals surface area contributed by atoms with E-state index in [1.165, 1.54) is 50.5 Å². The van der Waals surface area contributed by atoms with E-state index in [1.807, 2.05) is 0 Å². The predicted molar refractivity (Wildman–Crippen MR) is 118 cm³/mol. The van der Waals surface area contributed by atoms with E-state index >= 15 is 0 Å². The fourth-order valence-electron chi connectivity index (χ4n) is 3.29. The van der Waals surface area contributed by atoms with Gasteiger partial charge in [0.2, 0.25) is 0 Å². The standard InChI is InChI=1S/C13H25NO.C8H11.C2H7Si.2ClH.Ti/c14-13(15)12-10-8-6-4-2-1-3-5-7-9-11-12;1-3-8-5-4-7(2)6-8;1-3-2;;;/h12H,1-11H2,(H2,14,15);4-5,7H,3H2,1-2H3;3H,1-2H3;2*1H;/q;-1;;;;+4/p-3. The van der Waals surface area contributed by atoms with Gasteiger partial charge in [-0.15, -0.1) is 0 Å². The number of allylic oxidation sites excluding steroid dienone is 4. The SMILES string of the molecule is CCC1=[C-]C(C)C=C1.C[SiH]C.[Cl-].[Cl-].[NH-]C(=O)C1CCCCCCCCCCC1.[Ti+4]. The molecule has 1 radical (unpaired) electrons. The van der Waals surface area contributed by atoms with Crippen molar-refractivity contribution in [2.45, 2.75) is 104 Å². The minimum absolute atomic E-state index is 0. The fourth-order valence-corrected chi connectivity index (χ4v) is 3.29. The zero-order valence-corrected chi connectivity index (χ0v) is 23.3. The van der Waals surface area contributed by atoms with Crippen molar-refractivity contribution >= 4 is 15.4 Å². The summed E-state index contributed by atoms with van der Waals surface area (Å²) in [5, 5.41) is 0. The topological polar surface area (TPSA) is 40.9 Å². The quantitative estimate of drug-likeness (QED) is 0.421. The van der Waals surface area contributed by atoms with Crippen LogP contribution in [0.15, 0.2) is 17.7 Å². The summed E-state index contributed by atoms with van der Waals surface area (Å²) in [7, 11) is 0.750. The van der Waals surface area contributed by atoms with Crippen LogP contribution in [0, 0.1) is 17.9 Å².